The number of hydrogen-bond donors (Lipinski definition) is 3. The Morgan fingerprint density at radius 2 is 0.902 bits per heavy atom. The number of nitrogens with two attached hydrogens (primary N) is 1. The smallest absolute Gasteiger partial charge is 0.228 e. The predicted molar refractivity (Wildman–Crippen MR) is 182 cm³/mol. The zero-order chi connectivity index (χ0) is 36.9. The van der Waals surface area contributed by atoms with Crippen molar-refractivity contribution in [3.05, 3.63) is 158 Å². The van der Waals surface area contributed by atoms with Gasteiger partial charge in [0.25, 0.3) is 0 Å². The average Bonchev–Trinajstić information content (AvgIpc) is 3.08. The molecule has 9 nitrogen and oxygen atoms in total. The van der Waals surface area contributed by atoms with Gasteiger partial charge in [-0.25, -0.2) is 31.3 Å². The van der Waals surface area contributed by atoms with Gasteiger partial charge in [0.05, 0.1) is 0 Å². The SMILES string of the molecule is Fc1ccc(CNc2nc(Cl)nc(Cc3ccc(F)c(F)c3)n2)cc1.Fc1ccc(CNc2nc(Cl)nc(Cl)n2)cc1.Nc1ccc(F)c(F)c1. The van der Waals surface area contributed by atoms with Crippen LogP contribution in [0, 0.1) is 34.9 Å². The van der Waals surface area contributed by atoms with Crippen LogP contribution in [0.4, 0.5) is 43.9 Å². The molecular formula is C33H24Cl3F6N9. The molecule has 0 bridgehead atoms. The topological polar surface area (TPSA) is 127 Å². The lowest BCUT2D eigenvalue weighted by Gasteiger charge is -2.07. The summed E-state index contributed by atoms with van der Waals surface area (Å²) >= 11 is 17.1. The molecule has 0 unspecified atom stereocenters. The van der Waals surface area contributed by atoms with Gasteiger partial charge in [-0.15, -0.1) is 0 Å². The largest absolute Gasteiger partial charge is 0.399 e. The number of rotatable bonds is 8. The maximum absolute atomic E-state index is 13.3. The summed E-state index contributed by atoms with van der Waals surface area (Å²) in [6, 6.07) is 18.9. The zero-order valence-electron chi connectivity index (χ0n) is 25.9. The number of nitrogen functional groups attached to an aromatic ring is 1. The highest BCUT2D eigenvalue weighted by Crippen LogP contribution is 2.15. The number of anilines is 3. The minimum absolute atomic E-state index is 0.0193. The van der Waals surface area contributed by atoms with Crippen LogP contribution < -0.4 is 16.4 Å². The van der Waals surface area contributed by atoms with Gasteiger partial charge in [0.15, 0.2) is 23.3 Å². The first kappa shape index (κ1) is 38.6. The Labute approximate surface area is 301 Å². The van der Waals surface area contributed by atoms with Crippen molar-refractivity contribution in [3.63, 3.8) is 0 Å². The first-order valence-corrected chi connectivity index (χ1v) is 15.5. The summed E-state index contributed by atoms with van der Waals surface area (Å²) < 4.78 is 76.0. The Kier molecular flexibility index (Phi) is 14.1. The van der Waals surface area contributed by atoms with Crippen molar-refractivity contribution < 1.29 is 26.3 Å². The van der Waals surface area contributed by atoms with E-state index in [4.69, 9.17) is 40.5 Å². The zero-order valence-corrected chi connectivity index (χ0v) is 28.1. The summed E-state index contributed by atoms with van der Waals surface area (Å²) in [5.74, 6) is -3.40. The quantitative estimate of drug-likeness (QED) is 0.103. The maximum atomic E-state index is 13.3. The third-order valence-electron chi connectivity index (χ3n) is 6.25. The van der Waals surface area contributed by atoms with Crippen LogP contribution in [0.5, 0.6) is 0 Å². The lowest BCUT2D eigenvalue weighted by Crippen LogP contribution is -2.08. The van der Waals surface area contributed by atoms with E-state index in [2.05, 4.69) is 40.5 Å². The van der Waals surface area contributed by atoms with Crippen LogP contribution in [-0.2, 0) is 19.5 Å². The molecule has 0 aliphatic heterocycles. The second kappa shape index (κ2) is 18.7. The monoisotopic (exact) mass is 765 g/mol. The molecule has 2 heterocycles. The van der Waals surface area contributed by atoms with Gasteiger partial charge in [-0.3, -0.25) is 0 Å². The van der Waals surface area contributed by atoms with Gasteiger partial charge in [0, 0.05) is 25.2 Å². The van der Waals surface area contributed by atoms with Gasteiger partial charge in [0.1, 0.15) is 17.5 Å². The average molecular weight is 767 g/mol. The highest BCUT2D eigenvalue weighted by atomic mass is 35.5. The number of aromatic nitrogens is 6. The third kappa shape index (κ3) is 13.2. The van der Waals surface area contributed by atoms with Crippen molar-refractivity contribution in [2.24, 2.45) is 0 Å². The fourth-order valence-corrected chi connectivity index (χ4v) is 4.41. The van der Waals surface area contributed by atoms with E-state index in [1.54, 1.807) is 24.3 Å². The number of hydrogen-bond acceptors (Lipinski definition) is 9. The first-order valence-electron chi connectivity index (χ1n) is 14.4. The van der Waals surface area contributed by atoms with Gasteiger partial charge in [-0.1, -0.05) is 30.3 Å². The lowest BCUT2D eigenvalue weighted by molar-refractivity contribution is 0.507. The molecule has 0 spiro atoms. The standard InChI is InChI=1S/C17H12ClF3N4.C10H7Cl2FN4.C6H5F2N/c18-16-23-15(8-11-3-6-13(20)14(21)7-11)24-17(25-16)22-9-10-1-4-12(19)5-2-10;11-8-15-9(12)17-10(16-8)14-5-6-1-3-7(13)4-2-6;7-5-2-1-4(9)3-6(5)8/h1-7H,8-9H2,(H,22,23,24,25);1-4H,5H2,(H,14,15,16,17);1-3H,9H2. The molecule has 51 heavy (non-hydrogen) atoms. The van der Waals surface area contributed by atoms with Crippen LogP contribution in [0.2, 0.25) is 15.9 Å². The summed E-state index contributed by atoms with van der Waals surface area (Å²) in [5, 5.41) is 5.89. The summed E-state index contributed by atoms with van der Waals surface area (Å²) in [7, 11) is 0. The van der Waals surface area contributed by atoms with E-state index in [0.717, 1.165) is 35.4 Å². The highest BCUT2D eigenvalue weighted by molar-refractivity contribution is 6.31. The minimum Gasteiger partial charge on any atom is -0.399 e. The van der Waals surface area contributed by atoms with Crippen LogP contribution in [-0.4, -0.2) is 29.9 Å². The van der Waals surface area contributed by atoms with Crippen LogP contribution in [0.25, 0.3) is 0 Å². The molecule has 0 amide bonds. The Morgan fingerprint density at radius 3 is 1.37 bits per heavy atom. The second-order valence-electron chi connectivity index (χ2n) is 10.1. The van der Waals surface area contributed by atoms with E-state index in [0.29, 0.717) is 24.5 Å². The molecule has 0 fully saturated rings. The molecule has 264 valence electrons. The summed E-state index contributed by atoms with van der Waals surface area (Å²) in [6.45, 7) is 0.808. The molecule has 2 aromatic heterocycles. The summed E-state index contributed by atoms with van der Waals surface area (Å²) in [5.41, 5.74) is 7.58. The summed E-state index contributed by atoms with van der Waals surface area (Å²) in [4.78, 5) is 23.5. The van der Waals surface area contributed by atoms with Crippen LogP contribution >= 0.6 is 34.8 Å². The lowest BCUT2D eigenvalue weighted by atomic mass is 10.1. The van der Waals surface area contributed by atoms with E-state index in [9.17, 15) is 26.3 Å². The number of nitrogens with one attached hydrogen (secondary N) is 2. The molecule has 6 rings (SSSR count). The van der Waals surface area contributed by atoms with Crippen LogP contribution in [0.15, 0.2) is 84.9 Å². The minimum atomic E-state index is -0.938. The molecule has 0 saturated heterocycles. The molecule has 6 aromatic rings. The van der Waals surface area contributed by atoms with E-state index in [1.165, 1.54) is 36.4 Å². The van der Waals surface area contributed by atoms with Crippen molar-refractivity contribution in [1.82, 2.24) is 29.9 Å². The fourth-order valence-electron chi connectivity index (χ4n) is 3.87. The van der Waals surface area contributed by atoms with Crippen molar-refractivity contribution in [2.75, 3.05) is 16.4 Å². The molecule has 0 aliphatic rings. The number of halogens is 9. The highest BCUT2D eigenvalue weighted by Gasteiger charge is 2.09. The van der Waals surface area contributed by atoms with E-state index < -0.39 is 23.3 Å². The molecule has 0 saturated carbocycles. The van der Waals surface area contributed by atoms with E-state index in [-0.39, 0.29) is 51.5 Å². The van der Waals surface area contributed by atoms with Crippen molar-refractivity contribution in [2.45, 2.75) is 19.5 Å². The Balaban J connectivity index is 0.000000192. The van der Waals surface area contributed by atoms with E-state index >= 15 is 0 Å². The normalized spacial score (nSPS) is 10.4. The van der Waals surface area contributed by atoms with Crippen molar-refractivity contribution in [3.8, 4) is 0 Å². The molecule has 4 N–H and O–H groups in total. The molecular weight excluding hydrogens is 743 g/mol. The van der Waals surface area contributed by atoms with Crippen LogP contribution in [0.1, 0.15) is 22.5 Å². The van der Waals surface area contributed by atoms with Gasteiger partial charge >= 0.3 is 0 Å². The molecule has 0 radical (unpaired) electrons. The van der Waals surface area contributed by atoms with Gasteiger partial charge in [-0.05, 0) is 106 Å². The number of nitrogens with zero attached hydrogens (tertiary/aromatic N) is 6. The van der Waals surface area contributed by atoms with Crippen molar-refractivity contribution >= 4 is 52.4 Å². The Bertz CT molecular complexity index is 2040. The number of benzene rings is 4. The van der Waals surface area contributed by atoms with Gasteiger partial charge in [0.2, 0.25) is 27.7 Å². The van der Waals surface area contributed by atoms with Gasteiger partial charge in [-0.2, -0.15) is 24.9 Å². The van der Waals surface area contributed by atoms with E-state index in [1.807, 2.05) is 0 Å². The second-order valence-corrected chi connectivity index (χ2v) is 11.1. The molecule has 18 heteroatoms. The van der Waals surface area contributed by atoms with Crippen LogP contribution in [0.3, 0.4) is 0 Å². The summed E-state index contributed by atoms with van der Waals surface area (Å²) in [6.07, 6.45) is 0.171. The van der Waals surface area contributed by atoms with Crippen molar-refractivity contribution in [1.29, 1.82) is 0 Å². The fraction of sp³-hybridized carbons (Fsp3) is 0.0909. The molecule has 4 aromatic carbocycles. The predicted octanol–water partition coefficient (Wildman–Crippen LogP) is 8.62. The van der Waals surface area contributed by atoms with Gasteiger partial charge < -0.3 is 16.4 Å². The molecule has 0 aliphatic carbocycles. The molecule has 0 atom stereocenters. The Hall–Kier alpha value is -5.25. The third-order valence-corrected chi connectivity index (χ3v) is 6.76. The maximum Gasteiger partial charge on any atom is 0.228 e. The first-order chi connectivity index (χ1) is 24.3. The Morgan fingerprint density at radius 1 is 0.471 bits per heavy atom.